The van der Waals surface area contributed by atoms with E-state index >= 15 is 0 Å². The van der Waals surface area contributed by atoms with E-state index in [4.69, 9.17) is 0 Å². The van der Waals surface area contributed by atoms with Crippen molar-refractivity contribution in [2.45, 2.75) is 57.1 Å². The van der Waals surface area contributed by atoms with Gasteiger partial charge in [0.1, 0.15) is 5.54 Å². The van der Waals surface area contributed by atoms with Gasteiger partial charge in [-0.05, 0) is 43.6 Å². The molecule has 5 nitrogen and oxygen atoms in total. The Hall–Kier alpha value is -1.40. The lowest BCUT2D eigenvalue weighted by molar-refractivity contribution is -0.134. The summed E-state index contributed by atoms with van der Waals surface area (Å²) in [5.74, 6) is -0.211. The zero-order chi connectivity index (χ0) is 16.0. The third-order valence-corrected chi connectivity index (χ3v) is 6.09. The zero-order valence-electron chi connectivity index (χ0n) is 13.0. The number of urea groups is 1. The van der Waals surface area contributed by atoms with Crippen LogP contribution < -0.4 is 5.32 Å². The number of carbonyl (C=O) groups excluding carboxylic acids is 2. The Morgan fingerprint density at radius 1 is 1.41 bits per heavy atom. The highest BCUT2D eigenvalue weighted by Crippen LogP contribution is 2.42. The molecule has 3 rings (SSSR count). The molecule has 1 unspecified atom stereocenters. The predicted molar refractivity (Wildman–Crippen MR) is 84.7 cm³/mol. The number of β-amino-alcohol motifs (C(OH)–C–C–N with tert-alkyl or cyclic N) is 1. The van der Waals surface area contributed by atoms with Crippen LogP contribution in [0.3, 0.4) is 0 Å². The van der Waals surface area contributed by atoms with Gasteiger partial charge in [-0.3, -0.25) is 9.69 Å². The van der Waals surface area contributed by atoms with E-state index in [1.54, 1.807) is 11.3 Å². The second-order valence-electron chi connectivity index (χ2n) is 6.27. The summed E-state index contributed by atoms with van der Waals surface area (Å²) >= 11 is 1.64. The number of hydrogen-bond acceptors (Lipinski definition) is 4. The average molecular weight is 322 g/mol. The number of fused-ring (bicyclic) bond motifs is 2. The fraction of sp³-hybridized carbons (Fsp3) is 0.625. The Balaban J connectivity index is 1.93. The van der Waals surface area contributed by atoms with Crippen molar-refractivity contribution in [2.24, 2.45) is 0 Å². The van der Waals surface area contributed by atoms with E-state index in [2.05, 4.69) is 5.32 Å². The van der Waals surface area contributed by atoms with Gasteiger partial charge in [0.2, 0.25) is 0 Å². The van der Waals surface area contributed by atoms with Crippen LogP contribution in [0.2, 0.25) is 0 Å². The summed E-state index contributed by atoms with van der Waals surface area (Å²) in [6, 6.07) is 1.57. The maximum absolute atomic E-state index is 13.0. The molecule has 6 heteroatoms. The van der Waals surface area contributed by atoms with Crippen molar-refractivity contribution in [2.75, 3.05) is 6.54 Å². The number of amides is 3. The molecule has 1 fully saturated rings. The molecule has 0 aromatic carbocycles. The van der Waals surface area contributed by atoms with Crippen LogP contribution in [0.1, 0.15) is 50.0 Å². The molecule has 1 aromatic heterocycles. The number of hydrogen-bond donors (Lipinski definition) is 2. The van der Waals surface area contributed by atoms with Gasteiger partial charge in [0.05, 0.1) is 12.1 Å². The molecule has 1 atom stereocenters. The lowest BCUT2D eigenvalue weighted by Gasteiger charge is -2.32. The fourth-order valence-corrected chi connectivity index (χ4v) is 4.45. The molecule has 1 saturated heterocycles. The van der Waals surface area contributed by atoms with Crippen molar-refractivity contribution in [3.05, 3.63) is 21.9 Å². The van der Waals surface area contributed by atoms with E-state index in [0.29, 0.717) is 19.3 Å². The summed E-state index contributed by atoms with van der Waals surface area (Å²) in [5.41, 5.74) is -0.973. The van der Waals surface area contributed by atoms with Crippen molar-refractivity contribution < 1.29 is 14.7 Å². The molecule has 1 aliphatic carbocycles. The summed E-state index contributed by atoms with van der Waals surface area (Å²) in [5, 5.41) is 15.4. The van der Waals surface area contributed by atoms with Crippen molar-refractivity contribution in [1.29, 1.82) is 0 Å². The number of rotatable bonds is 4. The zero-order valence-corrected chi connectivity index (χ0v) is 13.8. The average Bonchev–Trinajstić information content (AvgIpc) is 3.08. The quantitative estimate of drug-likeness (QED) is 0.836. The largest absolute Gasteiger partial charge is 0.388 e. The molecular weight excluding hydrogens is 300 g/mol. The summed E-state index contributed by atoms with van der Waals surface area (Å²) in [6.45, 7) is 3.80. The monoisotopic (exact) mass is 322 g/mol. The minimum Gasteiger partial charge on any atom is -0.388 e. The van der Waals surface area contributed by atoms with E-state index in [-0.39, 0.29) is 18.5 Å². The molecule has 0 radical (unpaired) electrons. The lowest BCUT2D eigenvalue weighted by atomic mass is 9.80. The number of aliphatic hydroxyl groups is 1. The van der Waals surface area contributed by atoms with Crippen LogP contribution in [-0.4, -0.2) is 34.1 Å². The van der Waals surface area contributed by atoms with Crippen molar-refractivity contribution in [3.8, 4) is 0 Å². The third kappa shape index (κ3) is 2.16. The molecule has 120 valence electrons. The number of nitrogens with zero attached hydrogens (tertiary/aromatic N) is 1. The molecular formula is C16H22N2O3S. The first-order valence-corrected chi connectivity index (χ1v) is 8.77. The Labute approximate surface area is 134 Å². The standard InChI is InChI=1S/C16H22N2O3S/c1-3-15(21,4-2)10-18-13(19)16(17-14(18)20)8-5-6-12-11(16)7-9-22-12/h7,9,21H,3-6,8,10H2,1-2H3,(H,17,20). The molecule has 0 bridgehead atoms. The molecule has 2 N–H and O–H groups in total. The minimum atomic E-state index is -1.01. The molecule has 1 aliphatic heterocycles. The highest BCUT2D eigenvalue weighted by Gasteiger charge is 2.55. The third-order valence-electron chi connectivity index (χ3n) is 5.11. The molecule has 2 heterocycles. The van der Waals surface area contributed by atoms with Crippen LogP contribution in [0.25, 0.3) is 0 Å². The smallest absolute Gasteiger partial charge is 0.325 e. The minimum absolute atomic E-state index is 0.0614. The molecule has 1 aromatic rings. The maximum Gasteiger partial charge on any atom is 0.325 e. The van der Waals surface area contributed by atoms with Crippen LogP contribution in [0.4, 0.5) is 4.79 Å². The van der Waals surface area contributed by atoms with E-state index in [1.807, 2.05) is 25.3 Å². The number of carbonyl (C=O) groups is 2. The summed E-state index contributed by atoms with van der Waals surface area (Å²) in [6.07, 6.45) is 3.51. The van der Waals surface area contributed by atoms with Crippen LogP contribution in [0, 0.1) is 0 Å². The van der Waals surface area contributed by atoms with Crippen LogP contribution in [-0.2, 0) is 16.8 Å². The second kappa shape index (κ2) is 5.35. The Morgan fingerprint density at radius 2 is 2.14 bits per heavy atom. The van der Waals surface area contributed by atoms with Crippen LogP contribution in [0.5, 0.6) is 0 Å². The summed E-state index contributed by atoms with van der Waals surface area (Å²) < 4.78 is 0. The normalized spacial score (nSPS) is 24.8. The number of imide groups is 1. The van der Waals surface area contributed by atoms with Crippen molar-refractivity contribution in [3.63, 3.8) is 0 Å². The molecule has 3 amide bonds. The molecule has 0 saturated carbocycles. The second-order valence-corrected chi connectivity index (χ2v) is 7.27. The van der Waals surface area contributed by atoms with Gasteiger partial charge in [-0.2, -0.15) is 0 Å². The van der Waals surface area contributed by atoms with Gasteiger partial charge < -0.3 is 10.4 Å². The fourth-order valence-electron chi connectivity index (χ4n) is 3.45. The first kappa shape index (κ1) is 15.5. The Kier molecular flexibility index (Phi) is 3.77. The Bertz CT molecular complexity index is 608. The lowest BCUT2D eigenvalue weighted by Crippen LogP contribution is -2.48. The summed E-state index contributed by atoms with van der Waals surface area (Å²) in [7, 11) is 0. The van der Waals surface area contributed by atoms with Gasteiger partial charge in [-0.1, -0.05) is 13.8 Å². The number of aryl methyl sites for hydroxylation is 1. The highest BCUT2D eigenvalue weighted by atomic mass is 32.1. The first-order chi connectivity index (χ1) is 10.5. The van der Waals surface area contributed by atoms with Gasteiger partial charge in [-0.25, -0.2) is 4.79 Å². The first-order valence-electron chi connectivity index (χ1n) is 7.89. The van der Waals surface area contributed by atoms with E-state index in [1.165, 1.54) is 9.78 Å². The number of nitrogens with one attached hydrogen (secondary N) is 1. The number of thiophene rings is 1. The van der Waals surface area contributed by atoms with Gasteiger partial charge in [-0.15, -0.1) is 11.3 Å². The van der Waals surface area contributed by atoms with Crippen molar-refractivity contribution in [1.82, 2.24) is 10.2 Å². The SMILES string of the molecule is CCC(O)(CC)CN1C(=O)NC2(CCCc3sccc32)C1=O. The van der Waals surface area contributed by atoms with E-state index in [0.717, 1.165) is 18.4 Å². The molecule has 22 heavy (non-hydrogen) atoms. The van der Waals surface area contributed by atoms with Gasteiger partial charge >= 0.3 is 6.03 Å². The van der Waals surface area contributed by atoms with Crippen LogP contribution in [0.15, 0.2) is 11.4 Å². The highest BCUT2D eigenvalue weighted by molar-refractivity contribution is 7.10. The maximum atomic E-state index is 13.0. The van der Waals surface area contributed by atoms with Gasteiger partial charge in [0.25, 0.3) is 5.91 Å². The van der Waals surface area contributed by atoms with E-state index < -0.39 is 11.1 Å². The molecule has 2 aliphatic rings. The van der Waals surface area contributed by atoms with Gasteiger partial charge in [0.15, 0.2) is 0 Å². The summed E-state index contributed by atoms with van der Waals surface area (Å²) in [4.78, 5) is 27.8. The van der Waals surface area contributed by atoms with Gasteiger partial charge in [0, 0.05) is 10.4 Å². The topological polar surface area (TPSA) is 69.6 Å². The van der Waals surface area contributed by atoms with Crippen LogP contribution >= 0.6 is 11.3 Å². The molecule has 1 spiro atoms. The Morgan fingerprint density at radius 3 is 2.82 bits per heavy atom. The van der Waals surface area contributed by atoms with Crippen molar-refractivity contribution >= 4 is 23.3 Å². The predicted octanol–water partition coefficient (Wildman–Crippen LogP) is 2.38. The van der Waals surface area contributed by atoms with E-state index in [9.17, 15) is 14.7 Å².